The van der Waals surface area contributed by atoms with Gasteiger partial charge in [-0.3, -0.25) is 9.59 Å². The molecule has 3 amide bonds. The van der Waals surface area contributed by atoms with Crippen molar-refractivity contribution in [2.75, 3.05) is 56.1 Å². The molecular weight excluding hydrogens is 464 g/mol. The highest BCUT2D eigenvalue weighted by Crippen LogP contribution is 2.26. The van der Waals surface area contributed by atoms with Crippen molar-refractivity contribution in [1.82, 2.24) is 25.1 Å². The number of carbonyl (C=O) groups excluding carboxylic acids is 2. The number of carbonyl (C=O) groups is 3. The van der Waals surface area contributed by atoms with Gasteiger partial charge in [-0.15, -0.1) is 0 Å². The number of nitrogen functional groups attached to an aromatic ring is 2. The van der Waals surface area contributed by atoms with E-state index in [1.54, 1.807) is 6.92 Å². The van der Waals surface area contributed by atoms with Crippen molar-refractivity contribution < 1.29 is 34.8 Å². The Hall–Kier alpha value is -3.87. The van der Waals surface area contributed by atoms with E-state index >= 15 is 0 Å². The highest BCUT2D eigenvalue weighted by atomic mass is 16.4. The molecule has 1 fully saturated rings. The number of aliphatic hydroxyl groups excluding tert-OH is 3. The highest BCUT2D eigenvalue weighted by molar-refractivity contribution is 5.94. The number of hydrogen-bond acceptors (Lipinski definition) is 11. The predicted octanol–water partition coefficient (Wildman–Crippen LogP) is -3.18. The van der Waals surface area contributed by atoms with Gasteiger partial charge in [-0.05, 0) is 12.8 Å². The van der Waals surface area contributed by atoms with Gasteiger partial charge in [0.05, 0.1) is 12.5 Å². The lowest BCUT2D eigenvalue weighted by Crippen LogP contribution is -2.50. The highest BCUT2D eigenvalue weighted by Gasteiger charge is 2.31. The van der Waals surface area contributed by atoms with Crippen LogP contribution in [0.15, 0.2) is 0 Å². The van der Waals surface area contributed by atoms with Crippen LogP contribution in [-0.2, 0) is 9.59 Å². The van der Waals surface area contributed by atoms with E-state index in [1.165, 1.54) is 16.8 Å². The SMILES string of the molecule is CCNC(=O)CC(O)C(O)C(O)N(C)c1nc(C#CC(=O)N2CCN(C(=O)O)CC2)nc(N)c1N. The normalized spacial score (nSPS) is 15.9. The fraction of sp³-hybridized carbons (Fsp3) is 0.550. The summed E-state index contributed by atoms with van der Waals surface area (Å²) in [5.41, 5.74) is 11.6. The fourth-order valence-corrected chi connectivity index (χ4v) is 3.22. The average Bonchev–Trinajstić information content (AvgIpc) is 2.83. The number of anilines is 3. The Morgan fingerprint density at radius 1 is 1.11 bits per heavy atom. The molecule has 15 nitrogen and oxygen atoms in total. The first-order chi connectivity index (χ1) is 16.5. The second kappa shape index (κ2) is 12.0. The smallest absolute Gasteiger partial charge is 0.407 e. The molecule has 3 atom stereocenters. The van der Waals surface area contributed by atoms with Crippen LogP contribution in [0.4, 0.5) is 22.1 Å². The number of aliphatic hydroxyl groups is 3. The first-order valence-electron chi connectivity index (χ1n) is 10.7. The summed E-state index contributed by atoms with van der Waals surface area (Å²) < 4.78 is 0. The van der Waals surface area contributed by atoms with Crippen LogP contribution in [0.2, 0.25) is 0 Å². The summed E-state index contributed by atoms with van der Waals surface area (Å²) in [6.45, 7) is 2.72. The van der Waals surface area contributed by atoms with Crippen LogP contribution in [0.1, 0.15) is 19.2 Å². The van der Waals surface area contributed by atoms with Gasteiger partial charge in [0, 0.05) is 45.7 Å². The van der Waals surface area contributed by atoms with Crippen LogP contribution in [0, 0.1) is 11.8 Å². The summed E-state index contributed by atoms with van der Waals surface area (Å²) in [5.74, 6) is 3.25. The molecule has 1 aliphatic rings. The summed E-state index contributed by atoms with van der Waals surface area (Å²) in [6, 6.07) is 0. The molecule has 0 radical (unpaired) electrons. The molecular formula is C20H30N8O7. The Balaban J connectivity index is 2.15. The number of amides is 3. The number of nitrogens with two attached hydrogens (primary N) is 2. The van der Waals surface area contributed by atoms with Crippen molar-refractivity contribution in [3.63, 3.8) is 0 Å². The summed E-state index contributed by atoms with van der Waals surface area (Å²) in [4.78, 5) is 46.6. The van der Waals surface area contributed by atoms with E-state index < -0.39 is 42.8 Å². The van der Waals surface area contributed by atoms with E-state index in [9.17, 15) is 29.7 Å². The van der Waals surface area contributed by atoms with E-state index in [-0.39, 0.29) is 49.3 Å². The molecule has 15 heteroatoms. The van der Waals surface area contributed by atoms with Gasteiger partial charge >= 0.3 is 6.09 Å². The molecule has 1 aromatic rings. The molecule has 192 valence electrons. The number of nitrogens with zero attached hydrogens (tertiary/aromatic N) is 5. The Morgan fingerprint density at radius 3 is 2.29 bits per heavy atom. The Labute approximate surface area is 201 Å². The molecule has 1 saturated heterocycles. The number of hydrogen-bond donors (Lipinski definition) is 7. The van der Waals surface area contributed by atoms with Crippen molar-refractivity contribution >= 4 is 35.2 Å². The number of likely N-dealkylation sites (N-methyl/N-ethyl adjacent to an activating group) is 1. The van der Waals surface area contributed by atoms with Gasteiger partial charge in [0.1, 0.15) is 11.8 Å². The third-order valence-corrected chi connectivity index (χ3v) is 5.27. The van der Waals surface area contributed by atoms with Crippen molar-refractivity contribution in [1.29, 1.82) is 0 Å². The van der Waals surface area contributed by atoms with E-state index in [4.69, 9.17) is 16.6 Å². The maximum atomic E-state index is 12.4. The van der Waals surface area contributed by atoms with Gasteiger partial charge in [0.15, 0.2) is 17.9 Å². The van der Waals surface area contributed by atoms with Crippen molar-refractivity contribution in [2.45, 2.75) is 31.8 Å². The molecule has 0 spiro atoms. The van der Waals surface area contributed by atoms with Crippen molar-refractivity contribution in [3.05, 3.63) is 5.82 Å². The zero-order valence-corrected chi connectivity index (χ0v) is 19.4. The molecule has 0 aromatic carbocycles. The number of aromatic nitrogens is 2. The maximum Gasteiger partial charge on any atom is 0.407 e. The summed E-state index contributed by atoms with van der Waals surface area (Å²) in [6.07, 6.45) is -6.59. The third kappa shape index (κ3) is 7.06. The quantitative estimate of drug-likeness (QED) is 0.147. The van der Waals surface area contributed by atoms with Crippen LogP contribution < -0.4 is 21.7 Å². The second-order valence-electron chi connectivity index (χ2n) is 7.72. The molecule has 1 aliphatic heterocycles. The maximum absolute atomic E-state index is 12.4. The zero-order valence-electron chi connectivity index (χ0n) is 19.4. The summed E-state index contributed by atoms with van der Waals surface area (Å²) >= 11 is 0. The van der Waals surface area contributed by atoms with Gasteiger partial charge in [0.25, 0.3) is 5.91 Å². The van der Waals surface area contributed by atoms with E-state index in [0.717, 1.165) is 4.90 Å². The molecule has 1 aromatic heterocycles. The van der Waals surface area contributed by atoms with Crippen LogP contribution in [-0.4, -0.2) is 116 Å². The van der Waals surface area contributed by atoms with Gasteiger partial charge in [0.2, 0.25) is 11.7 Å². The number of rotatable bonds is 7. The monoisotopic (exact) mass is 494 g/mol. The Kier molecular flexibility index (Phi) is 9.40. The molecule has 9 N–H and O–H groups in total. The lowest BCUT2D eigenvalue weighted by Gasteiger charge is -2.31. The van der Waals surface area contributed by atoms with Crippen LogP contribution in [0.5, 0.6) is 0 Å². The molecule has 0 saturated carbocycles. The molecule has 0 bridgehead atoms. The van der Waals surface area contributed by atoms with Gasteiger partial charge in [-0.25, -0.2) is 14.8 Å². The molecule has 35 heavy (non-hydrogen) atoms. The minimum Gasteiger partial charge on any atom is -0.465 e. The van der Waals surface area contributed by atoms with Gasteiger partial charge in [-0.2, -0.15) is 0 Å². The minimum absolute atomic E-state index is 0.124. The standard InChI is InChI=1S/C20H30N8O7/c1-3-23-13(30)10-11(29)16(32)19(33)26(2)18-15(21)17(22)24-12(25-18)4-5-14(31)27-6-8-28(9-7-27)20(34)35/h11,16,19,29,32-33H,3,6-10,21H2,1-2H3,(H,23,30)(H,34,35)(H2,22,24,25). The van der Waals surface area contributed by atoms with E-state index in [0.29, 0.717) is 6.54 Å². The van der Waals surface area contributed by atoms with E-state index in [1.807, 2.05) is 0 Å². The predicted molar refractivity (Wildman–Crippen MR) is 124 cm³/mol. The molecule has 2 rings (SSSR count). The molecule has 3 unspecified atom stereocenters. The van der Waals surface area contributed by atoms with Crippen molar-refractivity contribution in [3.8, 4) is 11.8 Å². The fourth-order valence-electron chi connectivity index (χ4n) is 3.22. The average molecular weight is 495 g/mol. The molecule has 0 aliphatic carbocycles. The largest absolute Gasteiger partial charge is 0.465 e. The lowest BCUT2D eigenvalue weighted by molar-refractivity contribution is -0.127. The summed E-state index contributed by atoms with van der Waals surface area (Å²) in [7, 11) is 1.31. The summed E-state index contributed by atoms with van der Waals surface area (Å²) in [5, 5.41) is 42.3. The first-order valence-corrected chi connectivity index (χ1v) is 10.7. The van der Waals surface area contributed by atoms with E-state index in [2.05, 4.69) is 27.1 Å². The van der Waals surface area contributed by atoms with Crippen LogP contribution >= 0.6 is 0 Å². The van der Waals surface area contributed by atoms with Crippen LogP contribution in [0.25, 0.3) is 0 Å². The Bertz CT molecular complexity index is 1000. The van der Waals surface area contributed by atoms with Gasteiger partial charge < -0.3 is 51.9 Å². The topological polar surface area (TPSA) is 232 Å². The third-order valence-electron chi connectivity index (χ3n) is 5.27. The second-order valence-corrected chi connectivity index (χ2v) is 7.72. The minimum atomic E-state index is -1.77. The zero-order chi connectivity index (χ0) is 26.3. The van der Waals surface area contributed by atoms with Gasteiger partial charge in [-0.1, -0.05) is 0 Å². The molecule has 2 heterocycles. The number of piperazine rings is 1. The van der Waals surface area contributed by atoms with Crippen LogP contribution in [0.3, 0.4) is 0 Å². The number of nitrogens with one attached hydrogen (secondary N) is 1. The van der Waals surface area contributed by atoms with Crippen molar-refractivity contribution in [2.24, 2.45) is 0 Å². The number of carboxylic acid groups (broad SMARTS) is 1. The Morgan fingerprint density at radius 2 is 1.71 bits per heavy atom. The first kappa shape index (κ1) is 27.4. The lowest BCUT2D eigenvalue weighted by atomic mass is 10.1.